The lowest BCUT2D eigenvalue weighted by atomic mass is 9.95. The number of rotatable bonds is 2. The minimum atomic E-state index is 0.0163. The van der Waals surface area contributed by atoms with Crippen molar-refractivity contribution in [2.24, 2.45) is 4.99 Å². The van der Waals surface area contributed by atoms with Gasteiger partial charge in [0.15, 0.2) is 0 Å². The number of aliphatic imine (C=N–C) groups is 1. The molecule has 0 saturated heterocycles. The number of anilines is 1. The Labute approximate surface area is 144 Å². The molecule has 1 atom stereocenters. The highest BCUT2D eigenvalue weighted by Crippen LogP contribution is 2.35. The Kier molecular flexibility index (Phi) is 3.72. The van der Waals surface area contributed by atoms with Crippen molar-refractivity contribution in [1.29, 1.82) is 0 Å². The summed E-state index contributed by atoms with van der Waals surface area (Å²) in [6.45, 7) is 0. The molecule has 0 aromatic heterocycles. The Bertz CT molecular complexity index is 872. The van der Waals surface area contributed by atoms with Crippen LogP contribution in [0.1, 0.15) is 22.7 Å². The molecule has 1 N–H and O–H groups in total. The zero-order chi connectivity index (χ0) is 15.6. The van der Waals surface area contributed by atoms with Crippen molar-refractivity contribution < 1.29 is 0 Å². The molecule has 3 aromatic carbocycles. The molecule has 1 heterocycles. The largest absolute Gasteiger partial charge is 0.340 e. The van der Waals surface area contributed by atoms with E-state index in [-0.39, 0.29) is 6.04 Å². The molecular formula is C20H15BrN2. The summed E-state index contributed by atoms with van der Waals surface area (Å²) in [4.78, 5) is 4.99. The minimum absolute atomic E-state index is 0.0163. The van der Waals surface area contributed by atoms with E-state index in [0.717, 1.165) is 21.6 Å². The topological polar surface area (TPSA) is 24.4 Å². The molecule has 0 saturated carbocycles. The van der Waals surface area contributed by atoms with Gasteiger partial charge < -0.3 is 5.32 Å². The lowest BCUT2D eigenvalue weighted by molar-refractivity contribution is 0.863. The third-order valence-electron chi connectivity index (χ3n) is 3.98. The molecule has 1 aliphatic rings. The highest BCUT2D eigenvalue weighted by molar-refractivity contribution is 9.10. The van der Waals surface area contributed by atoms with Gasteiger partial charge in [-0.25, -0.2) is 0 Å². The molecule has 1 aliphatic heterocycles. The third-order valence-corrected chi connectivity index (χ3v) is 4.47. The van der Waals surface area contributed by atoms with Crippen LogP contribution in [0.4, 0.5) is 5.69 Å². The maximum Gasteiger partial charge on any atom is 0.133 e. The van der Waals surface area contributed by atoms with Crippen LogP contribution in [0, 0.1) is 0 Å². The first-order valence-electron chi connectivity index (χ1n) is 7.56. The number of fused-ring (bicyclic) bond motifs is 1. The van der Waals surface area contributed by atoms with E-state index in [9.17, 15) is 0 Å². The Hall–Kier alpha value is -2.39. The van der Waals surface area contributed by atoms with E-state index in [1.54, 1.807) is 0 Å². The van der Waals surface area contributed by atoms with E-state index in [1.807, 2.05) is 18.2 Å². The molecule has 4 rings (SSSR count). The number of para-hydroxylation sites is 1. The van der Waals surface area contributed by atoms with Gasteiger partial charge in [0.1, 0.15) is 11.9 Å². The summed E-state index contributed by atoms with van der Waals surface area (Å²) < 4.78 is 1.05. The minimum Gasteiger partial charge on any atom is -0.340 e. The van der Waals surface area contributed by atoms with Crippen LogP contribution in [-0.2, 0) is 0 Å². The van der Waals surface area contributed by atoms with Gasteiger partial charge >= 0.3 is 0 Å². The summed E-state index contributed by atoms with van der Waals surface area (Å²) in [6.07, 6.45) is 0. The molecule has 3 aromatic rings. The Morgan fingerprint density at radius 2 is 1.61 bits per heavy atom. The summed E-state index contributed by atoms with van der Waals surface area (Å²) in [5, 5.41) is 3.47. The summed E-state index contributed by atoms with van der Waals surface area (Å²) in [7, 11) is 0. The van der Waals surface area contributed by atoms with Crippen molar-refractivity contribution in [3.63, 3.8) is 0 Å². The fraction of sp³-hybridized carbons (Fsp3) is 0.0500. The lowest BCUT2D eigenvalue weighted by Crippen LogP contribution is -2.22. The maximum atomic E-state index is 4.99. The predicted octanol–water partition coefficient (Wildman–Crippen LogP) is 5.41. The molecule has 1 unspecified atom stereocenters. The Morgan fingerprint density at radius 3 is 2.43 bits per heavy atom. The van der Waals surface area contributed by atoms with E-state index < -0.39 is 0 Å². The first-order valence-corrected chi connectivity index (χ1v) is 8.35. The van der Waals surface area contributed by atoms with Crippen molar-refractivity contribution in [3.05, 3.63) is 100 Å². The van der Waals surface area contributed by atoms with Crippen LogP contribution in [0.25, 0.3) is 0 Å². The zero-order valence-electron chi connectivity index (χ0n) is 12.4. The van der Waals surface area contributed by atoms with Gasteiger partial charge in [-0.1, -0.05) is 76.6 Å². The second-order valence-electron chi connectivity index (χ2n) is 5.51. The van der Waals surface area contributed by atoms with E-state index >= 15 is 0 Å². The van der Waals surface area contributed by atoms with Gasteiger partial charge in [-0.2, -0.15) is 0 Å². The molecule has 0 spiro atoms. The lowest BCUT2D eigenvalue weighted by Gasteiger charge is -2.26. The van der Waals surface area contributed by atoms with Crippen LogP contribution in [0.15, 0.2) is 88.3 Å². The highest BCUT2D eigenvalue weighted by atomic mass is 79.9. The van der Waals surface area contributed by atoms with Crippen molar-refractivity contribution in [2.45, 2.75) is 6.04 Å². The summed E-state index contributed by atoms with van der Waals surface area (Å²) in [5.41, 5.74) is 4.60. The van der Waals surface area contributed by atoms with E-state index in [4.69, 9.17) is 4.99 Å². The number of nitrogens with one attached hydrogen (secondary N) is 1. The van der Waals surface area contributed by atoms with Crippen molar-refractivity contribution in [2.75, 3.05) is 5.32 Å². The average molecular weight is 363 g/mol. The molecule has 0 aliphatic carbocycles. The second kappa shape index (κ2) is 6.01. The van der Waals surface area contributed by atoms with Crippen molar-refractivity contribution >= 4 is 27.5 Å². The second-order valence-corrected chi connectivity index (χ2v) is 6.43. The molecule has 0 fully saturated rings. The molecule has 112 valence electrons. The summed E-state index contributed by atoms with van der Waals surface area (Å²) >= 11 is 3.54. The van der Waals surface area contributed by atoms with Gasteiger partial charge in [-0.3, -0.25) is 4.99 Å². The van der Waals surface area contributed by atoms with Gasteiger partial charge in [-0.05, 0) is 23.8 Å². The standard InChI is InChI=1S/C20H15BrN2/c21-16-10-6-9-15(13-16)20-22-18-12-5-4-11-17(18)19(23-20)14-7-2-1-3-8-14/h1-13,19H,(H,22,23). The van der Waals surface area contributed by atoms with Crippen LogP contribution in [0.2, 0.25) is 0 Å². The zero-order valence-corrected chi connectivity index (χ0v) is 14.0. The number of amidine groups is 1. The Morgan fingerprint density at radius 1 is 0.826 bits per heavy atom. The van der Waals surface area contributed by atoms with Crippen molar-refractivity contribution in [1.82, 2.24) is 0 Å². The summed E-state index contributed by atoms with van der Waals surface area (Å²) in [6, 6.07) is 27.0. The normalized spacial score (nSPS) is 16.2. The molecule has 0 bridgehead atoms. The van der Waals surface area contributed by atoms with Crippen LogP contribution in [-0.4, -0.2) is 5.84 Å². The van der Waals surface area contributed by atoms with Crippen LogP contribution < -0.4 is 5.32 Å². The first kappa shape index (κ1) is 14.2. The smallest absolute Gasteiger partial charge is 0.133 e. The predicted molar refractivity (Wildman–Crippen MR) is 99.0 cm³/mol. The highest BCUT2D eigenvalue weighted by Gasteiger charge is 2.23. The van der Waals surface area contributed by atoms with E-state index in [1.165, 1.54) is 11.1 Å². The van der Waals surface area contributed by atoms with Crippen LogP contribution in [0.3, 0.4) is 0 Å². The van der Waals surface area contributed by atoms with Gasteiger partial charge in [0.05, 0.1) is 0 Å². The molecule has 23 heavy (non-hydrogen) atoms. The van der Waals surface area contributed by atoms with Crippen molar-refractivity contribution in [3.8, 4) is 0 Å². The number of nitrogens with zero attached hydrogens (tertiary/aromatic N) is 1. The number of benzene rings is 3. The van der Waals surface area contributed by atoms with Crippen LogP contribution in [0.5, 0.6) is 0 Å². The maximum absolute atomic E-state index is 4.99. The fourth-order valence-electron chi connectivity index (χ4n) is 2.88. The van der Waals surface area contributed by atoms with E-state index in [2.05, 4.69) is 81.9 Å². The Balaban J connectivity index is 1.85. The first-order chi connectivity index (χ1) is 11.3. The summed E-state index contributed by atoms with van der Waals surface area (Å²) in [5.74, 6) is 0.902. The van der Waals surface area contributed by atoms with Gasteiger partial charge in [0.2, 0.25) is 0 Å². The fourth-order valence-corrected chi connectivity index (χ4v) is 3.28. The third kappa shape index (κ3) is 2.80. The number of halogens is 1. The average Bonchev–Trinajstić information content (AvgIpc) is 2.61. The SMILES string of the molecule is Brc1cccc(C2=NC(c3ccccc3)c3ccccc3N2)c1. The molecular weight excluding hydrogens is 348 g/mol. The molecule has 3 heteroatoms. The van der Waals surface area contributed by atoms with Crippen LogP contribution >= 0.6 is 15.9 Å². The number of hydrogen-bond acceptors (Lipinski definition) is 2. The molecule has 0 radical (unpaired) electrons. The van der Waals surface area contributed by atoms with Gasteiger partial charge in [0, 0.05) is 21.3 Å². The van der Waals surface area contributed by atoms with Gasteiger partial charge in [0.25, 0.3) is 0 Å². The monoisotopic (exact) mass is 362 g/mol. The molecule has 2 nitrogen and oxygen atoms in total. The van der Waals surface area contributed by atoms with Gasteiger partial charge in [-0.15, -0.1) is 0 Å². The number of hydrogen-bond donors (Lipinski definition) is 1. The molecule has 0 amide bonds. The van der Waals surface area contributed by atoms with E-state index in [0.29, 0.717) is 0 Å². The quantitative estimate of drug-likeness (QED) is 0.647.